The van der Waals surface area contributed by atoms with E-state index in [0.717, 1.165) is 0 Å². The van der Waals surface area contributed by atoms with Crippen LogP contribution in [0.5, 0.6) is 5.75 Å². The van der Waals surface area contributed by atoms with E-state index in [4.69, 9.17) is 0 Å². The molecule has 3 rings (SSSR count). The molecule has 0 bridgehead atoms. The van der Waals surface area contributed by atoms with Crippen LogP contribution < -0.4 is 0 Å². The normalized spacial score (nSPS) is 10.9. The van der Waals surface area contributed by atoms with Crippen LogP contribution in [-0.4, -0.2) is 20.1 Å². The van der Waals surface area contributed by atoms with Gasteiger partial charge in [0, 0.05) is 6.07 Å². The summed E-state index contributed by atoms with van der Waals surface area (Å²) < 4.78 is 13.1. The molecule has 0 amide bonds. The zero-order chi connectivity index (χ0) is 11.8. The first-order chi connectivity index (χ1) is 8.24. The molecular weight excluding hydrogens is 221 g/mol. The number of aromatic hydroxyl groups is 1. The second-order valence-electron chi connectivity index (χ2n) is 3.61. The van der Waals surface area contributed by atoms with Gasteiger partial charge < -0.3 is 5.11 Å². The number of fused-ring (bicyclic) bond motifs is 1. The summed E-state index contributed by atoms with van der Waals surface area (Å²) in [5.41, 5.74) is 1.61. The average molecular weight is 229 g/mol. The minimum atomic E-state index is -0.445. The molecule has 1 aromatic heterocycles. The highest BCUT2D eigenvalue weighted by molar-refractivity contribution is 5.73. The zero-order valence-electron chi connectivity index (χ0n) is 8.71. The van der Waals surface area contributed by atoms with Crippen LogP contribution >= 0.6 is 0 Å². The SMILES string of the molecule is Oc1ccc(F)cc1-n1nc2ccccc2n1. The van der Waals surface area contributed by atoms with Gasteiger partial charge in [-0.1, -0.05) is 12.1 Å². The fourth-order valence-corrected chi connectivity index (χ4v) is 1.62. The molecule has 0 aliphatic carbocycles. The van der Waals surface area contributed by atoms with Crippen molar-refractivity contribution in [3.05, 3.63) is 48.3 Å². The first kappa shape index (κ1) is 9.77. The maximum absolute atomic E-state index is 13.1. The molecule has 0 aliphatic rings. The topological polar surface area (TPSA) is 50.9 Å². The van der Waals surface area contributed by atoms with Crippen molar-refractivity contribution in [2.75, 3.05) is 0 Å². The standard InChI is InChI=1S/C12H8FN3O/c13-8-5-6-12(17)11(7-8)16-14-9-3-1-2-4-10(9)15-16/h1-7,17H. The second kappa shape index (κ2) is 3.55. The van der Waals surface area contributed by atoms with Gasteiger partial charge in [0.15, 0.2) is 0 Å². The molecule has 1 N–H and O–H groups in total. The highest BCUT2D eigenvalue weighted by Gasteiger charge is 2.09. The van der Waals surface area contributed by atoms with Gasteiger partial charge in [0.2, 0.25) is 0 Å². The molecular formula is C12H8FN3O. The number of phenols is 1. The number of benzene rings is 2. The molecule has 0 saturated carbocycles. The molecule has 2 aromatic carbocycles. The van der Waals surface area contributed by atoms with Crippen LogP contribution in [0.25, 0.3) is 16.7 Å². The van der Waals surface area contributed by atoms with Gasteiger partial charge in [0.1, 0.15) is 28.3 Å². The van der Waals surface area contributed by atoms with Gasteiger partial charge in [-0.3, -0.25) is 0 Å². The third-order valence-corrected chi connectivity index (χ3v) is 2.44. The molecule has 0 unspecified atom stereocenters. The van der Waals surface area contributed by atoms with Crippen LogP contribution in [0, 0.1) is 5.82 Å². The van der Waals surface area contributed by atoms with Crippen molar-refractivity contribution >= 4 is 11.0 Å². The van der Waals surface area contributed by atoms with Crippen molar-refractivity contribution in [2.24, 2.45) is 0 Å². The van der Waals surface area contributed by atoms with Crippen LogP contribution in [0.15, 0.2) is 42.5 Å². The van der Waals surface area contributed by atoms with Gasteiger partial charge in [0.25, 0.3) is 0 Å². The lowest BCUT2D eigenvalue weighted by atomic mass is 10.3. The molecule has 0 atom stereocenters. The number of hydrogen-bond donors (Lipinski definition) is 1. The van der Waals surface area contributed by atoms with Gasteiger partial charge in [-0.05, 0) is 24.3 Å². The average Bonchev–Trinajstić information content (AvgIpc) is 2.75. The van der Waals surface area contributed by atoms with Crippen LogP contribution in [0.1, 0.15) is 0 Å². The highest BCUT2D eigenvalue weighted by Crippen LogP contribution is 2.22. The Morgan fingerprint density at radius 3 is 2.29 bits per heavy atom. The number of hydrogen-bond acceptors (Lipinski definition) is 3. The van der Waals surface area contributed by atoms with E-state index >= 15 is 0 Å². The lowest BCUT2D eigenvalue weighted by molar-refractivity contribution is 0.465. The van der Waals surface area contributed by atoms with Crippen molar-refractivity contribution in [1.82, 2.24) is 15.0 Å². The molecule has 0 aliphatic heterocycles. The van der Waals surface area contributed by atoms with Crippen LogP contribution in [0.3, 0.4) is 0 Å². The van der Waals surface area contributed by atoms with Gasteiger partial charge in [-0.25, -0.2) is 4.39 Å². The Kier molecular flexibility index (Phi) is 2.04. The zero-order valence-corrected chi connectivity index (χ0v) is 8.71. The number of aromatic nitrogens is 3. The Labute approximate surface area is 95.9 Å². The minimum absolute atomic E-state index is 0.0632. The summed E-state index contributed by atoms with van der Waals surface area (Å²) in [6.07, 6.45) is 0. The van der Waals surface area contributed by atoms with E-state index in [1.807, 2.05) is 12.1 Å². The lowest BCUT2D eigenvalue weighted by Crippen LogP contribution is -1.99. The summed E-state index contributed by atoms with van der Waals surface area (Å²) in [6.45, 7) is 0. The first-order valence-corrected chi connectivity index (χ1v) is 5.05. The molecule has 0 fully saturated rings. The molecule has 0 spiro atoms. The number of halogens is 1. The molecule has 0 radical (unpaired) electrons. The van der Waals surface area contributed by atoms with E-state index in [-0.39, 0.29) is 11.4 Å². The second-order valence-corrected chi connectivity index (χ2v) is 3.61. The maximum atomic E-state index is 13.1. The Hall–Kier alpha value is -2.43. The van der Waals surface area contributed by atoms with Gasteiger partial charge in [-0.2, -0.15) is 0 Å². The van der Waals surface area contributed by atoms with E-state index in [0.29, 0.717) is 11.0 Å². The van der Waals surface area contributed by atoms with E-state index in [1.165, 1.54) is 23.0 Å². The van der Waals surface area contributed by atoms with Crippen molar-refractivity contribution < 1.29 is 9.50 Å². The highest BCUT2D eigenvalue weighted by atomic mass is 19.1. The van der Waals surface area contributed by atoms with Crippen LogP contribution in [-0.2, 0) is 0 Å². The van der Waals surface area contributed by atoms with E-state index in [9.17, 15) is 9.50 Å². The predicted molar refractivity (Wildman–Crippen MR) is 60.5 cm³/mol. The molecule has 0 saturated heterocycles. The quantitative estimate of drug-likeness (QED) is 0.696. The van der Waals surface area contributed by atoms with E-state index in [2.05, 4.69) is 10.2 Å². The number of rotatable bonds is 1. The lowest BCUT2D eigenvalue weighted by Gasteiger charge is -2.01. The first-order valence-electron chi connectivity index (χ1n) is 5.05. The maximum Gasteiger partial charge on any atom is 0.143 e. The third-order valence-electron chi connectivity index (χ3n) is 2.44. The Bertz CT molecular complexity index is 660. The van der Waals surface area contributed by atoms with Gasteiger partial charge >= 0.3 is 0 Å². The summed E-state index contributed by atoms with van der Waals surface area (Å²) in [7, 11) is 0. The van der Waals surface area contributed by atoms with Gasteiger partial charge in [0.05, 0.1) is 0 Å². The summed E-state index contributed by atoms with van der Waals surface area (Å²) in [4.78, 5) is 1.23. The minimum Gasteiger partial charge on any atom is -0.506 e. The Morgan fingerprint density at radius 1 is 1.00 bits per heavy atom. The summed E-state index contributed by atoms with van der Waals surface area (Å²) in [5, 5.41) is 18.0. The number of phenolic OH excluding ortho intramolecular Hbond substituents is 1. The fourth-order valence-electron chi connectivity index (χ4n) is 1.62. The van der Waals surface area contributed by atoms with Crippen molar-refractivity contribution in [3.63, 3.8) is 0 Å². The van der Waals surface area contributed by atoms with E-state index in [1.54, 1.807) is 12.1 Å². The Morgan fingerprint density at radius 2 is 1.65 bits per heavy atom. The van der Waals surface area contributed by atoms with Crippen LogP contribution in [0.2, 0.25) is 0 Å². The summed E-state index contributed by atoms with van der Waals surface area (Å²) >= 11 is 0. The summed E-state index contributed by atoms with van der Waals surface area (Å²) in [5.74, 6) is -0.508. The third kappa shape index (κ3) is 1.61. The van der Waals surface area contributed by atoms with E-state index < -0.39 is 5.82 Å². The largest absolute Gasteiger partial charge is 0.506 e. The molecule has 17 heavy (non-hydrogen) atoms. The molecule has 4 nitrogen and oxygen atoms in total. The van der Waals surface area contributed by atoms with Crippen molar-refractivity contribution in [3.8, 4) is 11.4 Å². The monoisotopic (exact) mass is 229 g/mol. The molecule has 3 aromatic rings. The summed E-state index contributed by atoms with van der Waals surface area (Å²) in [6, 6.07) is 10.9. The predicted octanol–water partition coefficient (Wildman–Crippen LogP) is 2.27. The fraction of sp³-hybridized carbons (Fsp3) is 0. The molecule has 1 heterocycles. The van der Waals surface area contributed by atoms with Crippen molar-refractivity contribution in [2.45, 2.75) is 0 Å². The van der Waals surface area contributed by atoms with Crippen LogP contribution in [0.4, 0.5) is 4.39 Å². The molecule has 84 valence electrons. The number of nitrogens with zero attached hydrogens (tertiary/aromatic N) is 3. The molecule has 5 heteroatoms. The van der Waals surface area contributed by atoms with Gasteiger partial charge in [-0.15, -0.1) is 15.0 Å². The smallest absolute Gasteiger partial charge is 0.143 e. The Balaban J connectivity index is 2.23. The van der Waals surface area contributed by atoms with Crippen molar-refractivity contribution in [1.29, 1.82) is 0 Å².